The lowest BCUT2D eigenvalue weighted by atomic mass is 10.1. The summed E-state index contributed by atoms with van der Waals surface area (Å²) in [5, 5.41) is 0. The Morgan fingerprint density at radius 2 is 1.88 bits per heavy atom. The van der Waals surface area contributed by atoms with E-state index in [1.165, 1.54) is 0 Å². The summed E-state index contributed by atoms with van der Waals surface area (Å²) in [6.07, 6.45) is 0.938. The lowest BCUT2D eigenvalue weighted by Crippen LogP contribution is -2.11. The van der Waals surface area contributed by atoms with Gasteiger partial charge < -0.3 is 24.4 Å². The number of fused-ring (bicyclic) bond motifs is 2. The van der Waals surface area contributed by atoms with Crippen LogP contribution in [0.1, 0.15) is 20.3 Å². The fourth-order valence-corrected chi connectivity index (χ4v) is 2.94. The second kappa shape index (κ2) is 6.25. The molecule has 2 heterocycles. The third-order valence-electron chi connectivity index (χ3n) is 4.47. The van der Waals surface area contributed by atoms with E-state index in [4.69, 9.17) is 9.47 Å². The molecule has 7 heteroatoms. The molecule has 4 aromatic rings. The summed E-state index contributed by atoms with van der Waals surface area (Å²) in [5.41, 5.74) is 3.66. The van der Waals surface area contributed by atoms with Crippen molar-refractivity contribution in [1.82, 2.24) is 19.9 Å². The van der Waals surface area contributed by atoms with Crippen LogP contribution in [0.2, 0.25) is 0 Å². The smallest absolute Gasteiger partial charge is 0.323 e. The van der Waals surface area contributed by atoms with Gasteiger partial charge in [-0.1, -0.05) is 13.0 Å². The minimum Gasteiger partial charge on any atom is -0.493 e. The average molecular weight is 352 g/mol. The van der Waals surface area contributed by atoms with Gasteiger partial charge in [-0.05, 0) is 37.6 Å². The third-order valence-corrected chi connectivity index (χ3v) is 4.47. The minimum absolute atomic E-state index is 0.0534. The number of methoxy groups -OCH3 is 1. The number of imidazole rings is 2. The Bertz CT molecular complexity index is 1080. The number of benzene rings is 2. The first-order valence-electron chi connectivity index (χ1n) is 8.54. The van der Waals surface area contributed by atoms with Gasteiger partial charge in [-0.25, -0.2) is 9.78 Å². The van der Waals surface area contributed by atoms with Crippen LogP contribution in [-0.4, -0.2) is 33.1 Å². The first-order chi connectivity index (χ1) is 12.6. The molecule has 0 aliphatic carbocycles. The van der Waals surface area contributed by atoms with Crippen LogP contribution in [-0.2, 0) is 0 Å². The normalized spacial score (nSPS) is 12.6. The van der Waals surface area contributed by atoms with Crippen molar-refractivity contribution in [2.45, 2.75) is 26.4 Å². The maximum absolute atomic E-state index is 11.5. The molecule has 26 heavy (non-hydrogen) atoms. The molecule has 0 unspecified atom stereocenters. The van der Waals surface area contributed by atoms with Gasteiger partial charge in [0.2, 0.25) is 0 Å². The van der Waals surface area contributed by atoms with Gasteiger partial charge in [0.05, 0.1) is 40.8 Å². The van der Waals surface area contributed by atoms with Crippen LogP contribution < -0.4 is 15.2 Å². The quantitative estimate of drug-likeness (QED) is 0.511. The second-order valence-electron chi connectivity index (χ2n) is 6.25. The SMILES string of the molecule is CC[C@H](C)Oc1c(OC)cccc1-c1nc2cc3[nH]c(=O)[nH]c3cc2[nH]1. The van der Waals surface area contributed by atoms with E-state index in [2.05, 4.69) is 26.9 Å². The van der Waals surface area contributed by atoms with Crippen molar-refractivity contribution in [3.63, 3.8) is 0 Å². The van der Waals surface area contributed by atoms with E-state index in [1.54, 1.807) is 7.11 Å². The summed E-state index contributed by atoms with van der Waals surface area (Å²) >= 11 is 0. The standard InChI is InChI=1S/C19H20N4O3/c1-4-10(2)26-17-11(6-5-7-16(17)25-3)18-20-12-8-14-15(9-13(12)21-18)23-19(24)22-14/h5-10H,4H2,1-3H3,(H,20,21)(H2,22,23,24)/t10-/m0/s1. The summed E-state index contributed by atoms with van der Waals surface area (Å²) in [6.45, 7) is 4.09. The first kappa shape index (κ1) is 16.3. The summed E-state index contributed by atoms with van der Waals surface area (Å²) in [6, 6.07) is 9.45. The predicted molar refractivity (Wildman–Crippen MR) is 101 cm³/mol. The molecular weight excluding hydrogens is 332 g/mol. The summed E-state index contributed by atoms with van der Waals surface area (Å²) in [5.74, 6) is 2.02. The lowest BCUT2D eigenvalue weighted by molar-refractivity contribution is 0.208. The Morgan fingerprint density at radius 1 is 1.12 bits per heavy atom. The highest BCUT2D eigenvalue weighted by molar-refractivity contribution is 5.92. The number of hydrogen-bond acceptors (Lipinski definition) is 4. The summed E-state index contributed by atoms with van der Waals surface area (Å²) in [7, 11) is 1.63. The van der Waals surface area contributed by atoms with Crippen LogP contribution in [0.4, 0.5) is 0 Å². The van der Waals surface area contributed by atoms with Gasteiger partial charge in [0.25, 0.3) is 0 Å². The zero-order valence-corrected chi connectivity index (χ0v) is 14.8. The van der Waals surface area contributed by atoms with E-state index in [9.17, 15) is 4.79 Å². The topological polar surface area (TPSA) is 95.8 Å². The lowest BCUT2D eigenvalue weighted by Gasteiger charge is -2.18. The average Bonchev–Trinajstić information content (AvgIpc) is 3.20. The molecule has 0 aliphatic heterocycles. The van der Waals surface area contributed by atoms with Crippen LogP contribution in [0.3, 0.4) is 0 Å². The number of aromatic amines is 3. The molecule has 0 aliphatic rings. The van der Waals surface area contributed by atoms with Crippen LogP contribution >= 0.6 is 0 Å². The molecule has 7 nitrogen and oxygen atoms in total. The number of H-pyrrole nitrogens is 3. The molecule has 0 saturated heterocycles. The maximum atomic E-state index is 11.5. The third kappa shape index (κ3) is 2.71. The zero-order valence-electron chi connectivity index (χ0n) is 14.8. The van der Waals surface area contributed by atoms with Gasteiger partial charge in [0, 0.05) is 0 Å². The van der Waals surface area contributed by atoms with Crippen LogP contribution in [0.15, 0.2) is 35.1 Å². The molecule has 2 aromatic carbocycles. The molecule has 1 atom stereocenters. The van der Waals surface area contributed by atoms with Crippen LogP contribution in [0.5, 0.6) is 11.5 Å². The highest BCUT2D eigenvalue weighted by atomic mass is 16.5. The molecule has 0 fully saturated rings. The number of nitrogens with zero attached hydrogens (tertiary/aromatic N) is 1. The Labute approximate surface area is 149 Å². The van der Waals surface area contributed by atoms with Crippen molar-refractivity contribution in [1.29, 1.82) is 0 Å². The molecule has 3 N–H and O–H groups in total. The van der Waals surface area contributed by atoms with Gasteiger partial charge >= 0.3 is 5.69 Å². The fourth-order valence-electron chi connectivity index (χ4n) is 2.94. The molecule has 0 radical (unpaired) electrons. The Morgan fingerprint density at radius 3 is 2.62 bits per heavy atom. The molecule has 0 saturated carbocycles. The Hall–Kier alpha value is -3.22. The van der Waals surface area contributed by atoms with Crippen molar-refractivity contribution in [2.24, 2.45) is 0 Å². The largest absolute Gasteiger partial charge is 0.493 e. The Kier molecular flexibility index (Phi) is 3.91. The van der Waals surface area contributed by atoms with E-state index in [-0.39, 0.29) is 11.8 Å². The second-order valence-corrected chi connectivity index (χ2v) is 6.25. The number of hydrogen-bond donors (Lipinski definition) is 3. The number of nitrogens with one attached hydrogen (secondary N) is 3. The van der Waals surface area contributed by atoms with E-state index in [1.807, 2.05) is 37.3 Å². The van der Waals surface area contributed by atoms with Crippen molar-refractivity contribution < 1.29 is 9.47 Å². The maximum Gasteiger partial charge on any atom is 0.323 e. The summed E-state index contributed by atoms with van der Waals surface area (Å²) in [4.78, 5) is 25.0. The molecule has 4 rings (SSSR count). The Balaban J connectivity index is 1.87. The van der Waals surface area contributed by atoms with Crippen LogP contribution in [0.25, 0.3) is 33.5 Å². The van der Waals surface area contributed by atoms with Crippen molar-refractivity contribution in [3.05, 3.63) is 40.8 Å². The molecular formula is C19H20N4O3. The van der Waals surface area contributed by atoms with E-state index in [0.717, 1.165) is 34.1 Å². The molecule has 0 amide bonds. The van der Waals surface area contributed by atoms with Gasteiger partial charge in [0.1, 0.15) is 5.82 Å². The number of para-hydroxylation sites is 1. The predicted octanol–water partition coefficient (Wildman–Crippen LogP) is 3.59. The van der Waals surface area contributed by atoms with E-state index >= 15 is 0 Å². The molecule has 0 spiro atoms. The number of aromatic nitrogens is 4. The van der Waals surface area contributed by atoms with Gasteiger partial charge in [-0.3, -0.25) is 0 Å². The molecule has 2 aromatic heterocycles. The van der Waals surface area contributed by atoms with Crippen molar-refractivity contribution in [3.8, 4) is 22.9 Å². The van der Waals surface area contributed by atoms with Crippen molar-refractivity contribution in [2.75, 3.05) is 7.11 Å². The van der Waals surface area contributed by atoms with Crippen LogP contribution in [0, 0.1) is 0 Å². The highest BCUT2D eigenvalue weighted by Crippen LogP contribution is 2.38. The highest BCUT2D eigenvalue weighted by Gasteiger charge is 2.18. The van der Waals surface area contributed by atoms with E-state index < -0.39 is 0 Å². The molecule has 0 bridgehead atoms. The number of ether oxygens (including phenoxy) is 2. The summed E-state index contributed by atoms with van der Waals surface area (Å²) < 4.78 is 11.6. The first-order valence-corrected chi connectivity index (χ1v) is 8.54. The fraction of sp³-hybridized carbons (Fsp3) is 0.263. The number of rotatable bonds is 5. The van der Waals surface area contributed by atoms with Gasteiger partial charge in [-0.2, -0.15) is 0 Å². The zero-order chi connectivity index (χ0) is 18.3. The molecule has 134 valence electrons. The van der Waals surface area contributed by atoms with Gasteiger partial charge in [-0.15, -0.1) is 0 Å². The minimum atomic E-state index is -0.232. The monoisotopic (exact) mass is 352 g/mol. The van der Waals surface area contributed by atoms with E-state index in [0.29, 0.717) is 17.3 Å². The van der Waals surface area contributed by atoms with Gasteiger partial charge in [0.15, 0.2) is 11.5 Å². The van der Waals surface area contributed by atoms with Crippen molar-refractivity contribution >= 4 is 22.1 Å².